The Hall–Kier alpha value is -0.200. The molecule has 1 N–H and O–H groups in total. The first-order valence-corrected chi connectivity index (χ1v) is 8.05. The van der Waals surface area contributed by atoms with Crippen molar-refractivity contribution >= 4 is 0 Å². The van der Waals surface area contributed by atoms with E-state index in [0.29, 0.717) is 18.1 Å². The highest BCUT2D eigenvalue weighted by Gasteiger charge is 2.47. The van der Waals surface area contributed by atoms with E-state index in [2.05, 4.69) is 24.2 Å². The molecule has 0 bridgehead atoms. The lowest BCUT2D eigenvalue weighted by Crippen LogP contribution is -2.59. The highest BCUT2D eigenvalue weighted by Crippen LogP contribution is 2.38. The Morgan fingerprint density at radius 3 is 2.65 bits per heavy atom. The topological polar surface area (TPSA) is 43.0 Å². The quantitative estimate of drug-likeness (QED) is 0.833. The second-order valence-electron chi connectivity index (χ2n) is 6.26. The Balaban J connectivity index is 1.70. The summed E-state index contributed by atoms with van der Waals surface area (Å²) in [5.74, 6) is -0.315. The van der Waals surface area contributed by atoms with Crippen LogP contribution in [0.25, 0.3) is 0 Å². The van der Waals surface area contributed by atoms with Gasteiger partial charge in [0.1, 0.15) is 0 Å². The third kappa shape index (κ3) is 2.88. The number of hydrogen-bond donors (Lipinski definition) is 1. The first-order chi connectivity index (χ1) is 9.74. The normalized spacial score (nSPS) is 37.0. The second kappa shape index (κ2) is 6.28. The predicted molar refractivity (Wildman–Crippen MR) is 76.7 cm³/mol. The second-order valence-corrected chi connectivity index (χ2v) is 6.26. The summed E-state index contributed by atoms with van der Waals surface area (Å²) >= 11 is 0. The molecule has 3 rings (SSSR count). The molecule has 0 aromatic carbocycles. The summed E-state index contributed by atoms with van der Waals surface area (Å²) < 4.78 is 17.4. The van der Waals surface area contributed by atoms with Crippen LogP contribution in [0.2, 0.25) is 0 Å². The fourth-order valence-corrected chi connectivity index (χ4v) is 3.93. The average molecular weight is 284 g/mol. The zero-order valence-electron chi connectivity index (χ0n) is 12.8. The molecule has 0 amide bonds. The van der Waals surface area contributed by atoms with Crippen molar-refractivity contribution in [2.24, 2.45) is 0 Å². The maximum absolute atomic E-state index is 5.94. The van der Waals surface area contributed by atoms with E-state index in [1.54, 1.807) is 0 Å². The molecule has 3 fully saturated rings. The van der Waals surface area contributed by atoms with Gasteiger partial charge in [0.05, 0.1) is 19.8 Å². The molecular formula is C15H28N2O3. The Labute approximate surface area is 121 Å². The van der Waals surface area contributed by atoms with Crippen LogP contribution in [0.4, 0.5) is 0 Å². The van der Waals surface area contributed by atoms with Crippen LogP contribution in [0.1, 0.15) is 32.6 Å². The molecule has 0 radical (unpaired) electrons. The first-order valence-electron chi connectivity index (χ1n) is 8.05. The van der Waals surface area contributed by atoms with Crippen LogP contribution in [0, 0.1) is 0 Å². The van der Waals surface area contributed by atoms with Crippen molar-refractivity contribution in [3.05, 3.63) is 0 Å². The van der Waals surface area contributed by atoms with Gasteiger partial charge in [-0.25, -0.2) is 0 Å². The van der Waals surface area contributed by atoms with Gasteiger partial charge in [-0.2, -0.15) is 0 Å². The van der Waals surface area contributed by atoms with Crippen molar-refractivity contribution in [1.29, 1.82) is 0 Å². The van der Waals surface area contributed by atoms with Crippen LogP contribution < -0.4 is 5.32 Å². The van der Waals surface area contributed by atoms with Gasteiger partial charge in [-0.3, -0.25) is 4.90 Å². The fraction of sp³-hybridized carbons (Fsp3) is 1.00. The highest BCUT2D eigenvalue weighted by atomic mass is 16.7. The molecule has 3 unspecified atom stereocenters. The molecular weight excluding hydrogens is 256 g/mol. The predicted octanol–water partition coefficient (Wildman–Crippen LogP) is 0.981. The molecule has 0 aromatic rings. The largest absolute Gasteiger partial charge is 0.380 e. The standard InChI is InChI=1S/C15H28N2O3/c1-3-16-13-4-6-15(19-8-9-20-15)10-14(13)17(2)12-5-7-18-11-12/h12-14,16H,3-11H2,1-2H3. The van der Waals surface area contributed by atoms with E-state index in [1.165, 1.54) is 0 Å². The van der Waals surface area contributed by atoms with E-state index in [1.807, 2.05) is 0 Å². The fourth-order valence-electron chi connectivity index (χ4n) is 3.93. The minimum atomic E-state index is -0.315. The van der Waals surface area contributed by atoms with Gasteiger partial charge in [0.25, 0.3) is 0 Å². The van der Waals surface area contributed by atoms with Gasteiger partial charge in [0.2, 0.25) is 0 Å². The lowest BCUT2D eigenvalue weighted by atomic mass is 9.84. The van der Waals surface area contributed by atoms with Crippen LogP contribution in [0.5, 0.6) is 0 Å². The van der Waals surface area contributed by atoms with E-state index in [-0.39, 0.29) is 5.79 Å². The zero-order valence-corrected chi connectivity index (χ0v) is 12.8. The summed E-state index contributed by atoms with van der Waals surface area (Å²) in [6, 6.07) is 1.54. The molecule has 5 heteroatoms. The zero-order chi connectivity index (χ0) is 14.0. The molecule has 3 atom stereocenters. The van der Waals surface area contributed by atoms with Crippen molar-refractivity contribution in [3.8, 4) is 0 Å². The minimum Gasteiger partial charge on any atom is -0.380 e. The molecule has 2 aliphatic heterocycles. The van der Waals surface area contributed by atoms with E-state index in [9.17, 15) is 0 Å². The lowest BCUT2D eigenvalue weighted by Gasteiger charge is -2.46. The van der Waals surface area contributed by atoms with E-state index in [0.717, 1.165) is 58.7 Å². The van der Waals surface area contributed by atoms with Gasteiger partial charge < -0.3 is 19.5 Å². The average Bonchev–Trinajstić information content (AvgIpc) is 3.13. The summed E-state index contributed by atoms with van der Waals surface area (Å²) in [6.07, 6.45) is 4.24. The van der Waals surface area contributed by atoms with Gasteiger partial charge in [0.15, 0.2) is 5.79 Å². The molecule has 20 heavy (non-hydrogen) atoms. The van der Waals surface area contributed by atoms with E-state index in [4.69, 9.17) is 14.2 Å². The Kier molecular flexibility index (Phi) is 4.62. The summed E-state index contributed by atoms with van der Waals surface area (Å²) in [4.78, 5) is 2.51. The Bertz CT molecular complexity index is 314. The molecule has 1 saturated carbocycles. The molecule has 1 aliphatic carbocycles. The van der Waals surface area contributed by atoms with Crippen LogP contribution in [0.3, 0.4) is 0 Å². The Morgan fingerprint density at radius 1 is 1.20 bits per heavy atom. The van der Waals surface area contributed by atoms with Crippen LogP contribution in [-0.2, 0) is 14.2 Å². The smallest absolute Gasteiger partial charge is 0.170 e. The van der Waals surface area contributed by atoms with Gasteiger partial charge in [-0.1, -0.05) is 6.92 Å². The van der Waals surface area contributed by atoms with E-state index >= 15 is 0 Å². The van der Waals surface area contributed by atoms with E-state index < -0.39 is 0 Å². The van der Waals surface area contributed by atoms with Gasteiger partial charge in [0, 0.05) is 37.6 Å². The summed E-state index contributed by atoms with van der Waals surface area (Å²) in [7, 11) is 2.24. The monoisotopic (exact) mass is 284 g/mol. The Morgan fingerprint density at radius 2 is 2.00 bits per heavy atom. The first kappa shape index (κ1) is 14.7. The molecule has 0 aromatic heterocycles. The molecule has 116 valence electrons. The third-order valence-electron chi connectivity index (χ3n) is 5.11. The molecule has 2 heterocycles. The van der Waals surface area contributed by atoms with Crippen LogP contribution >= 0.6 is 0 Å². The van der Waals surface area contributed by atoms with Crippen molar-refractivity contribution < 1.29 is 14.2 Å². The number of nitrogens with one attached hydrogen (secondary N) is 1. The molecule has 5 nitrogen and oxygen atoms in total. The van der Waals surface area contributed by atoms with Crippen LogP contribution in [0.15, 0.2) is 0 Å². The van der Waals surface area contributed by atoms with Crippen molar-refractivity contribution in [2.45, 2.75) is 56.5 Å². The summed E-state index contributed by atoms with van der Waals surface area (Å²) in [6.45, 7) is 6.45. The van der Waals surface area contributed by atoms with Gasteiger partial charge >= 0.3 is 0 Å². The van der Waals surface area contributed by atoms with Crippen molar-refractivity contribution in [1.82, 2.24) is 10.2 Å². The maximum atomic E-state index is 5.94. The SMILES string of the molecule is CCNC1CCC2(CC1N(C)C1CCOC1)OCCO2. The number of rotatable bonds is 4. The number of ether oxygens (including phenoxy) is 3. The molecule has 2 saturated heterocycles. The number of hydrogen-bond acceptors (Lipinski definition) is 5. The molecule has 3 aliphatic rings. The third-order valence-corrected chi connectivity index (χ3v) is 5.11. The number of likely N-dealkylation sites (N-methyl/N-ethyl adjacent to an activating group) is 2. The summed E-state index contributed by atoms with van der Waals surface area (Å²) in [5.41, 5.74) is 0. The number of nitrogens with zero attached hydrogens (tertiary/aromatic N) is 1. The highest BCUT2D eigenvalue weighted by molar-refractivity contribution is 4.97. The van der Waals surface area contributed by atoms with Gasteiger partial charge in [-0.15, -0.1) is 0 Å². The van der Waals surface area contributed by atoms with Crippen LogP contribution in [-0.4, -0.2) is 68.8 Å². The van der Waals surface area contributed by atoms with Crippen molar-refractivity contribution in [2.75, 3.05) is 40.0 Å². The summed E-state index contributed by atoms with van der Waals surface area (Å²) in [5, 5.41) is 3.65. The molecule has 1 spiro atoms. The lowest BCUT2D eigenvalue weighted by molar-refractivity contribution is -0.194. The van der Waals surface area contributed by atoms with Gasteiger partial charge in [-0.05, 0) is 26.4 Å². The minimum absolute atomic E-state index is 0.315. The van der Waals surface area contributed by atoms with Crippen molar-refractivity contribution in [3.63, 3.8) is 0 Å². The maximum Gasteiger partial charge on any atom is 0.170 e.